The molecule has 0 aliphatic carbocycles. The summed E-state index contributed by atoms with van der Waals surface area (Å²) >= 11 is 7.52. The van der Waals surface area contributed by atoms with Gasteiger partial charge in [-0.25, -0.2) is 4.98 Å². The van der Waals surface area contributed by atoms with Crippen molar-refractivity contribution >= 4 is 34.3 Å². The van der Waals surface area contributed by atoms with Crippen LogP contribution >= 0.6 is 23.4 Å². The van der Waals surface area contributed by atoms with Crippen LogP contribution in [0.5, 0.6) is 0 Å². The van der Waals surface area contributed by atoms with Crippen molar-refractivity contribution < 1.29 is 4.52 Å². The molecule has 2 aromatic carbocycles. The van der Waals surface area contributed by atoms with Gasteiger partial charge in [-0.1, -0.05) is 60.6 Å². The Morgan fingerprint density at radius 1 is 1.17 bits per heavy atom. The smallest absolute Gasteiger partial charge is 0.266 e. The Morgan fingerprint density at radius 3 is 2.73 bits per heavy atom. The number of aryl methyl sites for hydroxylation is 1. The Balaban J connectivity index is 1.77. The van der Waals surface area contributed by atoms with Crippen LogP contribution in [0.3, 0.4) is 0 Å². The molecule has 6 nitrogen and oxygen atoms in total. The summed E-state index contributed by atoms with van der Waals surface area (Å²) in [5, 5.41) is 5.64. The first kappa shape index (κ1) is 20.6. The molecule has 4 aromatic rings. The highest BCUT2D eigenvalue weighted by atomic mass is 35.5. The number of hydrogen-bond donors (Lipinski definition) is 0. The molecule has 0 saturated heterocycles. The number of para-hydroxylation sites is 1. The largest absolute Gasteiger partial charge is 0.338 e. The maximum absolute atomic E-state index is 13.4. The lowest BCUT2D eigenvalue weighted by molar-refractivity contribution is 0.382. The number of nitrogens with zero attached hydrogens (tertiary/aromatic N) is 4. The Kier molecular flexibility index (Phi) is 5.92. The van der Waals surface area contributed by atoms with Crippen molar-refractivity contribution in [1.82, 2.24) is 19.7 Å². The summed E-state index contributed by atoms with van der Waals surface area (Å²) < 4.78 is 7.02. The van der Waals surface area contributed by atoms with Gasteiger partial charge in [-0.2, -0.15) is 4.98 Å². The predicted molar refractivity (Wildman–Crippen MR) is 119 cm³/mol. The predicted octanol–water partition coefficient (Wildman–Crippen LogP) is 5.22. The van der Waals surface area contributed by atoms with Crippen molar-refractivity contribution in [2.75, 3.05) is 0 Å². The quantitative estimate of drug-likeness (QED) is 0.302. The SMILES string of the molecule is Cc1ccccc1-n1c(SCc2nc(CC(C)C)no2)nc2cc(Cl)ccc2c1=O. The van der Waals surface area contributed by atoms with Crippen molar-refractivity contribution in [2.24, 2.45) is 5.92 Å². The van der Waals surface area contributed by atoms with Gasteiger partial charge in [0.15, 0.2) is 11.0 Å². The molecule has 8 heteroatoms. The number of rotatable bonds is 6. The van der Waals surface area contributed by atoms with E-state index in [1.807, 2.05) is 31.2 Å². The number of benzene rings is 2. The summed E-state index contributed by atoms with van der Waals surface area (Å²) in [6.45, 7) is 6.18. The van der Waals surface area contributed by atoms with Crippen LogP contribution < -0.4 is 5.56 Å². The first-order valence-electron chi connectivity index (χ1n) is 9.65. The van der Waals surface area contributed by atoms with E-state index in [0.29, 0.717) is 44.5 Å². The zero-order valence-electron chi connectivity index (χ0n) is 16.9. The topological polar surface area (TPSA) is 73.8 Å². The maximum Gasteiger partial charge on any atom is 0.266 e. The first-order valence-corrected chi connectivity index (χ1v) is 11.0. The standard InChI is InChI=1S/C22H21ClN4O2S/c1-13(2)10-19-25-20(29-26-19)12-30-22-24-17-11-15(23)8-9-16(17)21(28)27(22)18-7-5-4-6-14(18)3/h4-9,11,13H,10,12H2,1-3H3. The van der Waals surface area contributed by atoms with E-state index in [9.17, 15) is 4.79 Å². The second-order valence-corrected chi connectivity index (χ2v) is 8.85. The second kappa shape index (κ2) is 8.62. The van der Waals surface area contributed by atoms with Gasteiger partial charge in [0.25, 0.3) is 5.56 Å². The Labute approximate surface area is 183 Å². The fourth-order valence-electron chi connectivity index (χ4n) is 3.19. The van der Waals surface area contributed by atoms with Crippen molar-refractivity contribution in [2.45, 2.75) is 38.1 Å². The van der Waals surface area contributed by atoms with Crippen LogP contribution in [0.25, 0.3) is 16.6 Å². The minimum atomic E-state index is -0.139. The highest BCUT2D eigenvalue weighted by molar-refractivity contribution is 7.98. The van der Waals surface area contributed by atoms with E-state index in [-0.39, 0.29) is 5.56 Å². The molecule has 154 valence electrons. The van der Waals surface area contributed by atoms with E-state index in [0.717, 1.165) is 17.7 Å². The second-order valence-electron chi connectivity index (χ2n) is 7.47. The van der Waals surface area contributed by atoms with Crippen molar-refractivity contribution in [3.63, 3.8) is 0 Å². The van der Waals surface area contributed by atoms with Crippen LogP contribution in [0, 0.1) is 12.8 Å². The molecule has 0 saturated carbocycles. The molecule has 30 heavy (non-hydrogen) atoms. The summed E-state index contributed by atoms with van der Waals surface area (Å²) in [6, 6.07) is 12.9. The van der Waals surface area contributed by atoms with Crippen molar-refractivity contribution in [1.29, 1.82) is 0 Å². The Bertz CT molecular complexity index is 1270. The normalized spacial score (nSPS) is 11.5. The molecule has 0 aliphatic heterocycles. The summed E-state index contributed by atoms with van der Waals surface area (Å²) in [5.41, 5.74) is 2.19. The van der Waals surface area contributed by atoms with Crippen LogP contribution in [0.1, 0.15) is 31.1 Å². The maximum atomic E-state index is 13.4. The third-order valence-corrected chi connectivity index (χ3v) is 5.74. The molecule has 0 aliphatic rings. The van der Waals surface area contributed by atoms with Crippen LogP contribution in [0.2, 0.25) is 5.02 Å². The third kappa shape index (κ3) is 4.27. The monoisotopic (exact) mass is 440 g/mol. The number of halogens is 1. The molecule has 0 amide bonds. The average Bonchev–Trinajstić information content (AvgIpc) is 3.14. The number of aromatic nitrogens is 4. The third-order valence-electron chi connectivity index (χ3n) is 4.58. The lowest BCUT2D eigenvalue weighted by Gasteiger charge is -2.14. The number of thioether (sulfide) groups is 1. The first-order chi connectivity index (χ1) is 14.4. The molecule has 0 radical (unpaired) electrons. The highest BCUT2D eigenvalue weighted by Crippen LogP contribution is 2.26. The Morgan fingerprint density at radius 2 is 1.97 bits per heavy atom. The molecular weight excluding hydrogens is 420 g/mol. The molecule has 0 unspecified atom stereocenters. The molecule has 0 bridgehead atoms. The van der Waals surface area contributed by atoms with Gasteiger partial charge < -0.3 is 4.52 Å². The average molecular weight is 441 g/mol. The van der Waals surface area contributed by atoms with Gasteiger partial charge in [-0.05, 0) is 42.7 Å². The van der Waals surface area contributed by atoms with E-state index >= 15 is 0 Å². The molecule has 0 N–H and O–H groups in total. The molecule has 0 fully saturated rings. The summed E-state index contributed by atoms with van der Waals surface area (Å²) in [5.74, 6) is 2.05. The fourth-order valence-corrected chi connectivity index (χ4v) is 4.19. The van der Waals surface area contributed by atoms with E-state index in [1.54, 1.807) is 22.8 Å². The van der Waals surface area contributed by atoms with Crippen molar-refractivity contribution in [3.05, 3.63) is 75.1 Å². The van der Waals surface area contributed by atoms with Gasteiger partial charge >= 0.3 is 0 Å². The lowest BCUT2D eigenvalue weighted by Crippen LogP contribution is -2.22. The van der Waals surface area contributed by atoms with Gasteiger partial charge in [0.1, 0.15) is 0 Å². The van der Waals surface area contributed by atoms with Crippen LogP contribution in [0.15, 0.2) is 56.9 Å². The lowest BCUT2D eigenvalue weighted by atomic mass is 10.1. The number of hydrogen-bond acceptors (Lipinski definition) is 6. The van der Waals surface area contributed by atoms with Gasteiger partial charge in [0.05, 0.1) is 22.3 Å². The van der Waals surface area contributed by atoms with Crippen LogP contribution in [-0.4, -0.2) is 19.7 Å². The number of fused-ring (bicyclic) bond motifs is 1. The summed E-state index contributed by atoms with van der Waals surface area (Å²) in [6.07, 6.45) is 0.759. The van der Waals surface area contributed by atoms with Gasteiger partial charge in [-0.3, -0.25) is 9.36 Å². The molecular formula is C22H21ClN4O2S. The molecule has 4 rings (SSSR count). The van der Waals surface area contributed by atoms with Crippen LogP contribution in [0.4, 0.5) is 0 Å². The van der Waals surface area contributed by atoms with E-state index in [1.165, 1.54) is 11.8 Å². The highest BCUT2D eigenvalue weighted by Gasteiger charge is 2.17. The molecule has 0 atom stereocenters. The van der Waals surface area contributed by atoms with E-state index < -0.39 is 0 Å². The van der Waals surface area contributed by atoms with Crippen molar-refractivity contribution in [3.8, 4) is 5.69 Å². The van der Waals surface area contributed by atoms with E-state index in [4.69, 9.17) is 21.1 Å². The Hall–Kier alpha value is -2.64. The summed E-state index contributed by atoms with van der Waals surface area (Å²) in [7, 11) is 0. The van der Waals surface area contributed by atoms with Gasteiger partial charge in [-0.15, -0.1) is 0 Å². The van der Waals surface area contributed by atoms with Gasteiger partial charge in [0.2, 0.25) is 5.89 Å². The minimum Gasteiger partial charge on any atom is -0.338 e. The summed E-state index contributed by atoms with van der Waals surface area (Å²) in [4.78, 5) is 22.6. The minimum absolute atomic E-state index is 0.139. The molecule has 2 aromatic heterocycles. The molecule has 2 heterocycles. The van der Waals surface area contributed by atoms with Crippen LogP contribution in [-0.2, 0) is 12.2 Å². The van der Waals surface area contributed by atoms with E-state index in [2.05, 4.69) is 24.0 Å². The zero-order chi connectivity index (χ0) is 21.3. The van der Waals surface area contributed by atoms with Gasteiger partial charge in [0, 0.05) is 11.4 Å². The zero-order valence-corrected chi connectivity index (χ0v) is 18.5. The molecule has 0 spiro atoms. The fraction of sp³-hybridized carbons (Fsp3) is 0.273.